The van der Waals surface area contributed by atoms with Crippen LogP contribution in [0.3, 0.4) is 0 Å². The van der Waals surface area contributed by atoms with Crippen LogP contribution in [-0.4, -0.2) is 24.8 Å². The molecule has 0 radical (unpaired) electrons. The molecule has 3 heteroatoms. The van der Waals surface area contributed by atoms with Crippen LogP contribution < -0.4 is 14.8 Å². The minimum absolute atomic E-state index is 0.105. The SMILES string of the molecule is CC(C)Oc1ccc2c(c1)OC[C@@]1(C)NCC[C@@H]21. The van der Waals surface area contributed by atoms with Gasteiger partial charge < -0.3 is 14.8 Å². The van der Waals surface area contributed by atoms with E-state index in [4.69, 9.17) is 9.47 Å². The normalized spacial score (nSPS) is 29.7. The first kappa shape index (κ1) is 11.8. The Morgan fingerprint density at radius 3 is 3.06 bits per heavy atom. The Morgan fingerprint density at radius 1 is 1.44 bits per heavy atom. The molecule has 98 valence electrons. The van der Waals surface area contributed by atoms with Crippen molar-refractivity contribution in [2.24, 2.45) is 0 Å². The molecular formula is C15H21NO2. The number of hydrogen-bond donors (Lipinski definition) is 1. The maximum Gasteiger partial charge on any atom is 0.126 e. The van der Waals surface area contributed by atoms with E-state index in [1.54, 1.807) is 0 Å². The predicted octanol–water partition coefficient (Wildman–Crippen LogP) is 2.70. The Hall–Kier alpha value is -1.22. The monoisotopic (exact) mass is 247 g/mol. The Morgan fingerprint density at radius 2 is 2.28 bits per heavy atom. The van der Waals surface area contributed by atoms with E-state index in [1.165, 1.54) is 12.0 Å². The number of fused-ring (bicyclic) bond motifs is 3. The molecule has 1 aromatic carbocycles. The summed E-state index contributed by atoms with van der Waals surface area (Å²) in [7, 11) is 0. The van der Waals surface area contributed by atoms with Gasteiger partial charge >= 0.3 is 0 Å². The van der Waals surface area contributed by atoms with Crippen molar-refractivity contribution in [1.82, 2.24) is 5.32 Å². The molecule has 1 saturated heterocycles. The van der Waals surface area contributed by atoms with Crippen molar-refractivity contribution in [2.45, 2.75) is 44.8 Å². The maximum absolute atomic E-state index is 5.92. The topological polar surface area (TPSA) is 30.5 Å². The van der Waals surface area contributed by atoms with E-state index in [-0.39, 0.29) is 11.6 Å². The Balaban J connectivity index is 1.92. The van der Waals surface area contributed by atoms with Gasteiger partial charge in [-0.05, 0) is 45.4 Å². The Labute approximate surface area is 108 Å². The molecule has 18 heavy (non-hydrogen) atoms. The van der Waals surface area contributed by atoms with Crippen LogP contribution in [0.5, 0.6) is 11.5 Å². The predicted molar refractivity (Wildman–Crippen MR) is 71.5 cm³/mol. The van der Waals surface area contributed by atoms with E-state index in [0.717, 1.165) is 24.7 Å². The maximum atomic E-state index is 5.92. The summed E-state index contributed by atoms with van der Waals surface area (Å²) in [6, 6.07) is 6.27. The highest BCUT2D eigenvalue weighted by Crippen LogP contribution is 2.45. The number of hydrogen-bond acceptors (Lipinski definition) is 3. The van der Waals surface area contributed by atoms with Crippen LogP contribution in [0.15, 0.2) is 18.2 Å². The summed E-state index contributed by atoms with van der Waals surface area (Å²) in [5.41, 5.74) is 1.43. The van der Waals surface area contributed by atoms with Gasteiger partial charge in [-0.15, -0.1) is 0 Å². The van der Waals surface area contributed by atoms with E-state index in [1.807, 2.05) is 19.9 Å². The van der Waals surface area contributed by atoms with Crippen LogP contribution in [0.4, 0.5) is 0 Å². The highest BCUT2D eigenvalue weighted by molar-refractivity contribution is 5.46. The lowest BCUT2D eigenvalue weighted by molar-refractivity contribution is 0.169. The number of benzene rings is 1. The molecule has 2 atom stereocenters. The lowest BCUT2D eigenvalue weighted by atomic mass is 9.80. The summed E-state index contributed by atoms with van der Waals surface area (Å²) < 4.78 is 11.6. The number of nitrogens with one attached hydrogen (secondary N) is 1. The molecule has 3 rings (SSSR count). The van der Waals surface area contributed by atoms with Gasteiger partial charge in [0.1, 0.15) is 18.1 Å². The minimum atomic E-state index is 0.105. The summed E-state index contributed by atoms with van der Waals surface area (Å²) >= 11 is 0. The van der Waals surface area contributed by atoms with Crippen LogP contribution in [0, 0.1) is 0 Å². The van der Waals surface area contributed by atoms with Gasteiger partial charge in [-0.1, -0.05) is 6.07 Å². The third-order valence-corrected chi connectivity index (χ3v) is 3.99. The quantitative estimate of drug-likeness (QED) is 0.871. The first-order valence-electron chi connectivity index (χ1n) is 6.77. The lowest BCUT2D eigenvalue weighted by Gasteiger charge is -2.37. The molecule has 2 heterocycles. The van der Waals surface area contributed by atoms with Gasteiger partial charge in [-0.2, -0.15) is 0 Å². The summed E-state index contributed by atoms with van der Waals surface area (Å²) in [5, 5.41) is 3.57. The first-order valence-corrected chi connectivity index (χ1v) is 6.77. The van der Waals surface area contributed by atoms with Gasteiger partial charge in [0.05, 0.1) is 11.6 Å². The van der Waals surface area contributed by atoms with Gasteiger partial charge in [0.15, 0.2) is 0 Å². The summed E-state index contributed by atoms with van der Waals surface area (Å²) in [4.78, 5) is 0. The zero-order chi connectivity index (χ0) is 12.8. The fourth-order valence-corrected chi connectivity index (χ4v) is 3.09. The van der Waals surface area contributed by atoms with Gasteiger partial charge in [-0.25, -0.2) is 0 Å². The van der Waals surface area contributed by atoms with Crippen LogP contribution in [0.1, 0.15) is 38.7 Å². The molecule has 3 nitrogen and oxygen atoms in total. The molecule has 0 aromatic heterocycles. The van der Waals surface area contributed by atoms with Crippen molar-refractivity contribution >= 4 is 0 Å². The lowest BCUT2D eigenvalue weighted by Crippen LogP contribution is -2.48. The van der Waals surface area contributed by atoms with Crippen molar-refractivity contribution in [3.8, 4) is 11.5 Å². The van der Waals surface area contributed by atoms with Crippen LogP contribution >= 0.6 is 0 Å². The molecule has 0 bridgehead atoms. The molecule has 0 amide bonds. The van der Waals surface area contributed by atoms with Crippen LogP contribution in [0.2, 0.25) is 0 Å². The van der Waals surface area contributed by atoms with E-state index < -0.39 is 0 Å². The van der Waals surface area contributed by atoms with E-state index in [0.29, 0.717) is 5.92 Å². The average molecular weight is 247 g/mol. The van der Waals surface area contributed by atoms with E-state index >= 15 is 0 Å². The molecule has 0 saturated carbocycles. The fourth-order valence-electron chi connectivity index (χ4n) is 3.09. The molecule has 1 N–H and O–H groups in total. The molecule has 0 aliphatic carbocycles. The Bertz CT molecular complexity index is 458. The third-order valence-electron chi connectivity index (χ3n) is 3.99. The van der Waals surface area contributed by atoms with Gasteiger partial charge in [-0.3, -0.25) is 0 Å². The van der Waals surface area contributed by atoms with Gasteiger partial charge in [0.25, 0.3) is 0 Å². The standard InChI is InChI=1S/C15H21NO2/c1-10(2)18-11-4-5-12-13-6-7-16-15(13,3)9-17-14(12)8-11/h4-5,8,10,13,16H,6-7,9H2,1-3H3/t13-,15+/m0/s1. The Kier molecular flexibility index (Phi) is 2.74. The average Bonchev–Trinajstić information content (AvgIpc) is 2.70. The van der Waals surface area contributed by atoms with Crippen LogP contribution in [-0.2, 0) is 0 Å². The van der Waals surface area contributed by atoms with E-state index in [9.17, 15) is 0 Å². The molecule has 2 aliphatic rings. The molecule has 0 spiro atoms. The van der Waals surface area contributed by atoms with Crippen molar-refractivity contribution in [1.29, 1.82) is 0 Å². The number of ether oxygens (including phenoxy) is 2. The summed E-state index contributed by atoms with van der Waals surface area (Å²) in [6.07, 6.45) is 1.39. The largest absolute Gasteiger partial charge is 0.491 e. The smallest absolute Gasteiger partial charge is 0.126 e. The third kappa shape index (κ3) is 1.87. The van der Waals surface area contributed by atoms with Gasteiger partial charge in [0.2, 0.25) is 0 Å². The first-order chi connectivity index (χ1) is 8.58. The molecular weight excluding hydrogens is 226 g/mol. The zero-order valence-corrected chi connectivity index (χ0v) is 11.3. The highest BCUT2D eigenvalue weighted by Gasteiger charge is 2.44. The van der Waals surface area contributed by atoms with Crippen molar-refractivity contribution < 1.29 is 9.47 Å². The molecule has 2 aliphatic heterocycles. The van der Waals surface area contributed by atoms with E-state index in [2.05, 4.69) is 24.4 Å². The highest BCUT2D eigenvalue weighted by atomic mass is 16.5. The van der Waals surface area contributed by atoms with Crippen molar-refractivity contribution in [2.75, 3.05) is 13.2 Å². The number of rotatable bonds is 2. The second-order valence-electron chi connectivity index (χ2n) is 5.84. The molecule has 0 unspecified atom stereocenters. The van der Waals surface area contributed by atoms with Crippen molar-refractivity contribution in [3.05, 3.63) is 23.8 Å². The fraction of sp³-hybridized carbons (Fsp3) is 0.600. The molecule has 1 fully saturated rings. The zero-order valence-electron chi connectivity index (χ0n) is 11.3. The summed E-state index contributed by atoms with van der Waals surface area (Å²) in [6.45, 7) is 8.16. The van der Waals surface area contributed by atoms with Crippen molar-refractivity contribution in [3.63, 3.8) is 0 Å². The second-order valence-corrected chi connectivity index (χ2v) is 5.84. The summed E-state index contributed by atoms with van der Waals surface area (Å²) in [5.74, 6) is 2.46. The molecule has 1 aromatic rings. The van der Waals surface area contributed by atoms with Gasteiger partial charge in [0, 0.05) is 12.0 Å². The minimum Gasteiger partial charge on any atom is -0.491 e. The second kappa shape index (κ2) is 4.16. The van der Waals surface area contributed by atoms with Crippen LogP contribution in [0.25, 0.3) is 0 Å².